The smallest absolute Gasteiger partial charge is 0.257 e. The molecule has 0 unspecified atom stereocenters. The highest BCUT2D eigenvalue weighted by Gasteiger charge is 2.16. The Hall–Kier alpha value is -2.49. The van der Waals surface area contributed by atoms with Crippen LogP contribution in [-0.2, 0) is 0 Å². The Balaban J connectivity index is 1.92. The normalized spacial score (nSPS) is 10.1. The Morgan fingerprint density at radius 3 is 2.41 bits per heavy atom. The van der Waals surface area contributed by atoms with Crippen molar-refractivity contribution in [2.75, 3.05) is 26.8 Å². The van der Waals surface area contributed by atoms with Gasteiger partial charge in [0.1, 0.15) is 18.1 Å². The van der Waals surface area contributed by atoms with E-state index in [0.29, 0.717) is 31.1 Å². The molecule has 22 heavy (non-hydrogen) atoms. The Morgan fingerprint density at radius 2 is 1.68 bits per heavy atom. The average molecular weight is 299 g/mol. The first-order chi connectivity index (χ1) is 10.7. The quantitative estimate of drug-likeness (QED) is 0.788. The molecule has 0 aliphatic heterocycles. The Bertz CT molecular complexity index is 598. The highest BCUT2D eigenvalue weighted by Crippen LogP contribution is 2.19. The lowest BCUT2D eigenvalue weighted by Gasteiger charge is -2.19. The summed E-state index contributed by atoms with van der Waals surface area (Å²) >= 11 is 0. The minimum atomic E-state index is -0.0688. The molecule has 0 saturated heterocycles. The molecule has 0 fully saturated rings. The van der Waals surface area contributed by atoms with Crippen molar-refractivity contribution in [1.29, 1.82) is 0 Å². The van der Waals surface area contributed by atoms with Gasteiger partial charge < -0.3 is 14.4 Å². The van der Waals surface area contributed by atoms with E-state index in [-0.39, 0.29) is 5.91 Å². The fourth-order valence-electron chi connectivity index (χ4n) is 2.05. The number of para-hydroxylation sites is 2. The number of rotatable bonds is 7. The van der Waals surface area contributed by atoms with Crippen molar-refractivity contribution in [3.05, 3.63) is 60.2 Å². The number of amides is 1. The molecule has 2 aromatic rings. The fourth-order valence-corrected chi connectivity index (χ4v) is 2.05. The van der Waals surface area contributed by atoms with Crippen molar-refractivity contribution < 1.29 is 14.3 Å². The molecule has 2 aromatic carbocycles. The highest BCUT2D eigenvalue weighted by molar-refractivity contribution is 5.96. The van der Waals surface area contributed by atoms with Crippen molar-refractivity contribution in [1.82, 2.24) is 4.90 Å². The van der Waals surface area contributed by atoms with Gasteiger partial charge in [0.15, 0.2) is 0 Å². The lowest BCUT2D eigenvalue weighted by Crippen LogP contribution is -2.31. The van der Waals surface area contributed by atoms with E-state index in [2.05, 4.69) is 0 Å². The van der Waals surface area contributed by atoms with Gasteiger partial charge in [-0.15, -0.1) is 0 Å². The van der Waals surface area contributed by atoms with Crippen molar-refractivity contribution in [3.63, 3.8) is 0 Å². The van der Waals surface area contributed by atoms with Crippen molar-refractivity contribution >= 4 is 5.91 Å². The maximum Gasteiger partial charge on any atom is 0.257 e. The van der Waals surface area contributed by atoms with E-state index in [1.54, 1.807) is 18.0 Å². The van der Waals surface area contributed by atoms with Gasteiger partial charge >= 0.3 is 0 Å². The Kier molecular flexibility index (Phi) is 5.83. The van der Waals surface area contributed by atoms with Crippen LogP contribution in [0.2, 0.25) is 0 Å². The van der Waals surface area contributed by atoms with Crippen LogP contribution in [0.1, 0.15) is 17.3 Å². The summed E-state index contributed by atoms with van der Waals surface area (Å²) in [5.41, 5.74) is 0.576. The fraction of sp³-hybridized carbons (Fsp3) is 0.278. The van der Waals surface area contributed by atoms with Crippen LogP contribution >= 0.6 is 0 Å². The molecule has 0 aromatic heterocycles. The highest BCUT2D eigenvalue weighted by atomic mass is 16.5. The standard InChI is InChI=1S/C18H21NO3/c1-3-21-17-12-8-7-11-16(17)18(20)19(2)13-14-22-15-9-5-4-6-10-15/h4-12H,3,13-14H2,1-2H3. The van der Waals surface area contributed by atoms with Crippen LogP contribution in [0.4, 0.5) is 0 Å². The molecule has 116 valence electrons. The number of hydrogen-bond acceptors (Lipinski definition) is 3. The van der Waals surface area contributed by atoms with E-state index in [9.17, 15) is 4.79 Å². The number of benzene rings is 2. The summed E-state index contributed by atoms with van der Waals surface area (Å²) in [4.78, 5) is 14.1. The summed E-state index contributed by atoms with van der Waals surface area (Å²) in [5, 5.41) is 0. The van der Waals surface area contributed by atoms with Gasteiger partial charge in [-0.2, -0.15) is 0 Å². The zero-order valence-electron chi connectivity index (χ0n) is 13.0. The van der Waals surface area contributed by atoms with Crippen LogP contribution in [0.5, 0.6) is 11.5 Å². The van der Waals surface area contributed by atoms with E-state index >= 15 is 0 Å². The molecule has 0 bridgehead atoms. The van der Waals surface area contributed by atoms with E-state index in [4.69, 9.17) is 9.47 Å². The van der Waals surface area contributed by atoms with Crippen LogP contribution in [-0.4, -0.2) is 37.6 Å². The number of ether oxygens (including phenoxy) is 2. The van der Waals surface area contributed by atoms with Gasteiger partial charge in [0, 0.05) is 7.05 Å². The SMILES string of the molecule is CCOc1ccccc1C(=O)N(C)CCOc1ccccc1. The first kappa shape index (κ1) is 15.9. The van der Waals surface area contributed by atoms with Gasteiger partial charge in [-0.3, -0.25) is 4.79 Å². The zero-order valence-corrected chi connectivity index (χ0v) is 13.0. The lowest BCUT2D eigenvalue weighted by molar-refractivity contribution is 0.0769. The number of hydrogen-bond donors (Lipinski definition) is 0. The third-order valence-corrected chi connectivity index (χ3v) is 3.20. The van der Waals surface area contributed by atoms with Crippen LogP contribution in [0.25, 0.3) is 0 Å². The summed E-state index contributed by atoms with van der Waals surface area (Å²) in [6.45, 7) is 3.39. The molecule has 0 N–H and O–H groups in total. The number of carbonyl (C=O) groups is 1. The topological polar surface area (TPSA) is 38.8 Å². The van der Waals surface area contributed by atoms with E-state index in [0.717, 1.165) is 5.75 Å². The molecule has 0 aliphatic rings. The maximum absolute atomic E-state index is 12.5. The number of likely N-dealkylation sites (N-methyl/N-ethyl adjacent to an activating group) is 1. The van der Waals surface area contributed by atoms with Crippen LogP contribution in [0, 0.1) is 0 Å². The molecule has 1 amide bonds. The molecule has 0 atom stereocenters. The Morgan fingerprint density at radius 1 is 1.00 bits per heavy atom. The average Bonchev–Trinajstić information content (AvgIpc) is 2.56. The molecule has 0 saturated carbocycles. The second-order valence-electron chi connectivity index (χ2n) is 4.82. The van der Waals surface area contributed by atoms with Crippen LogP contribution < -0.4 is 9.47 Å². The van der Waals surface area contributed by atoms with Gasteiger partial charge in [0.05, 0.1) is 18.7 Å². The number of nitrogens with zero attached hydrogens (tertiary/aromatic N) is 1. The molecule has 2 rings (SSSR count). The summed E-state index contributed by atoms with van der Waals surface area (Å²) < 4.78 is 11.1. The first-order valence-electron chi connectivity index (χ1n) is 7.37. The lowest BCUT2D eigenvalue weighted by atomic mass is 10.2. The summed E-state index contributed by atoms with van der Waals surface area (Å²) in [7, 11) is 1.76. The van der Waals surface area contributed by atoms with Gasteiger partial charge in [-0.05, 0) is 31.2 Å². The second-order valence-corrected chi connectivity index (χ2v) is 4.82. The molecule has 0 spiro atoms. The molecule has 0 aliphatic carbocycles. The van der Waals surface area contributed by atoms with Gasteiger partial charge in [0.25, 0.3) is 5.91 Å². The predicted molar refractivity (Wildman–Crippen MR) is 86.5 cm³/mol. The van der Waals surface area contributed by atoms with Crippen molar-refractivity contribution in [3.8, 4) is 11.5 Å². The third kappa shape index (κ3) is 4.25. The van der Waals surface area contributed by atoms with Crippen molar-refractivity contribution in [2.45, 2.75) is 6.92 Å². The molecule has 0 radical (unpaired) electrons. The minimum Gasteiger partial charge on any atom is -0.493 e. The van der Waals surface area contributed by atoms with E-state index in [1.165, 1.54) is 0 Å². The summed E-state index contributed by atoms with van der Waals surface area (Å²) in [6.07, 6.45) is 0. The predicted octanol–water partition coefficient (Wildman–Crippen LogP) is 3.24. The molecule has 4 nitrogen and oxygen atoms in total. The maximum atomic E-state index is 12.5. The van der Waals surface area contributed by atoms with Gasteiger partial charge in [-0.1, -0.05) is 30.3 Å². The van der Waals surface area contributed by atoms with E-state index < -0.39 is 0 Å². The van der Waals surface area contributed by atoms with Gasteiger partial charge in [-0.25, -0.2) is 0 Å². The first-order valence-corrected chi connectivity index (χ1v) is 7.37. The second kappa shape index (κ2) is 8.08. The van der Waals surface area contributed by atoms with Gasteiger partial charge in [0.2, 0.25) is 0 Å². The minimum absolute atomic E-state index is 0.0688. The van der Waals surface area contributed by atoms with Crippen molar-refractivity contribution in [2.24, 2.45) is 0 Å². The molecule has 4 heteroatoms. The zero-order chi connectivity index (χ0) is 15.8. The van der Waals surface area contributed by atoms with Crippen LogP contribution in [0.15, 0.2) is 54.6 Å². The summed E-state index contributed by atoms with van der Waals surface area (Å²) in [5.74, 6) is 1.35. The molecular weight excluding hydrogens is 278 g/mol. The molecule has 0 heterocycles. The molecular formula is C18H21NO3. The van der Waals surface area contributed by atoms with Crippen LogP contribution in [0.3, 0.4) is 0 Å². The monoisotopic (exact) mass is 299 g/mol. The van der Waals surface area contributed by atoms with E-state index in [1.807, 2.05) is 55.5 Å². The Labute approximate surface area is 131 Å². The number of carbonyl (C=O) groups excluding carboxylic acids is 1. The largest absolute Gasteiger partial charge is 0.493 e. The third-order valence-electron chi connectivity index (χ3n) is 3.20. The summed E-state index contributed by atoms with van der Waals surface area (Å²) in [6, 6.07) is 16.9.